The molecule has 9 aromatic rings. The van der Waals surface area contributed by atoms with E-state index >= 15 is 0 Å². The predicted molar refractivity (Wildman–Crippen MR) is 213 cm³/mol. The Kier molecular flexibility index (Phi) is 5.10. The number of hydrogen-bond acceptors (Lipinski definition) is 3. The Morgan fingerprint density at radius 3 is 1.72 bits per heavy atom. The molecule has 53 heavy (non-hydrogen) atoms. The molecule has 0 saturated heterocycles. The van der Waals surface area contributed by atoms with E-state index in [1.807, 2.05) is 24.4 Å². The van der Waals surface area contributed by atoms with Gasteiger partial charge in [-0.1, -0.05) is 115 Å². The molecule has 0 N–H and O–H groups in total. The van der Waals surface area contributed by atoms with Crippen LogP contribution in [0.4, 0.5) is 0 Å². The Morgan fingerprint density at radius 1 is 0.491 bits per heavy atom. The molecule has 0 radical (unpaired) electrons. The van der Waals surface area contributed by atoms with Crippen molar-refractivity contribution in [3.8, 4) is 50.9 Å². The van der Waals surface area contributed by atoms with Gasteiger partial charge in [0.15, 0.2) is 0 Å². The predicted octanol–water partition coefficient (Wildman–Crippen LogP) is 9.25. The zero-order chi connectivity index (χ0) is 34.4. The second kappa shape index (κ2) is 9.72. The van der Waals surface area contributed by atoms with Gasteiger partial charge in [0, 0.05) is 29.2 Å². The van der Waals surface area contributed by atoms with E-state index in [2.05, 4.69) is 144 Å². The molecule has 4 aliphatic rings. The third kappa shape index (κ3) is 3.28. The van der Waals surface area contributed by atoms with Crippen LogP contribution >= 0.6 is 0 Å². The van der Waals surface area contributed by atoms with Crippen LogP contribution in [0.2, 0.25) is 0 Å². The van der Waals surface area contributed by atoms with Crippen LogP contribution in [0.5, 0.6) is 23.0 Å². The first-order valence-electron chi connectivity index (χ1n) is 18.2. The summed E-state index contributed by atoms with van der Waals surface area (Å²) in [7, 11) is 0. The van der Waals surface area contributed by atoms with Gasteiger partial charge < -0.3 is 14.0 Å². The quantitative estimate of drug-likeness (QED) is 0.163. The summed E-state index contributed by atoms with van der Waals surface area (Å²) < 4.78 is 15.8. The Balaban J connectivity index is 1.12. The highest BCUT2D eigenvalue weighted by Crippen LogP contribution is 2.64. The van der Waals surface area contributed by atoms with Gasteiger partial charge in [0.2, 0.25) is 0 Å². The summed E-state index contributed by atoms with van der Waals surface area (Å²) in [6.07, 6.45) is 1.92. The molecule has 2 aliphatic heterocycles. The number of ether oxygens (including phenoxy) is 2. The van der Waals surface area contributed by atoms with E-state index in [4.69, 9.17) is 14.5 Å². The molecule has 7 aromatic carbocycles. The summed E-state index contributed by atoms with van der Waals surface area (Å²) in [6.45, 7) is 0.0249. The summed E-state index contributed by atoms with van der Waals surface area (Å²) >= 11 is 0. The molecule has 4 heterocycles. The van der Waals surface area contributed by atoms with Gasteiger partial charge in [-0.25, -0.2) is 0 Å². The number of fused-ring (bicyclic) bond motifs is 18. The fourth-order valence-electron chi connectivity index (χ4n) is 10.3. The normalized spacial score (nSPS) is 14.5. The number of rotatable bonds is 1. The molecule has 1 spiro atoms. The number of benzene rings is 7. The van der Waals surface area contributed by atoms with Crippen molar-refractivity contribution in [2.45, 2.75) is 5.41 Å². The largest absolute Gasteiger partial charge is 0.458 e. The van der Waals surface area contributed by atoms with Crippen molar-refractivity contribution in [1.82, 2.24) is 9.55 Å². The third-order valence-corrected chi connectivity index (χ3v) is 12.2. The first kappa shape index (κ1) is 27.8. The van der Waals surface area contributed by atoms with Gasteiger partial charge in [-0.3, -0.25) is 4.98 Å². The number of para-hydroxylation sites is 2. The third-order valence-electron chi connectivity index (χ3n) is 12.2. The second-order valence-corrected chi connectivity index (χ2v) is 14.5. The maximum atomic E-state index is 6.74. The molecule has 0 amide bonds. The lowest BCUT2D eigenvalue weighted by Crippen LogP contribution is -2.57. The summed E-state index contributed by atoms with van der Waals surface area (Å²) in [6, 6.07) is 57.0. The van der Waals surface area contributed by atoms with E-state index in [0.29, 0.717) is 0 Å². The van der Waals surface area contributed by atoms with Gasteiger partial charge in [-0.05, 0) is 85.8 Å². The highest BCUT2D eigenvalue weighted by Gasteiger charge is 2.52. The van der Waals surface area contributed by atoms with Crippen LogP contribution in [0, 0.1) is 0 Å². The molecular weight excluding hydrogens is 647 g/mol. The molecule has 0 atom stereocenters. The van der Waals surface area contributed by atoms with E-state index < -0.39 is 5.41 Å². The van der Waals surface area contributed by atoms with Gasteiger partial charge in [-0.15, -0.1) is 0 Å². The van der Waals surface area contributed by atoms with Gasteiger partial charge in [0.1, 0.15) is 23.0 Å². The molecule has 5 heteroatoms. The topological polar surface area (TPSA) is 36.3 Å². The van der Waals surface area contributed by atoms with Crippen molar-refractivity contribution in [2.24, 2.45) is 0 Å². The number of hydrogen-bond donors (Lipinski definition) is 0. The van der Waals surface area contributed by atoms with E-state index in [1.54, 1.807) is 0 Å². The van der Waals surface area contributed by atoms with E-state index in [1.165, 1.54) is 44.5 Å². The van der Waals surface area contributed by atoms with Crippen molar-refractivity contribution in [2.75, 3.05) is 0 Å². The van der Waals surface area contributed by atoms with E-state index in [-0.39, 0.29) is 6.71 Å². The summed E-state index contributed by atoms with van der Waals surface area (Å²) in [5.41, 5.74) is 17.4. The van der Waals surface area contributed by atoms with Crippen LogP contribution in [0.15, 0.2) is 164 Å². The van der Waals surface area contributed by atoms with Crippen molar-refractivity contribution in [3.63, 3.8) is 0 Å². The first-order valence-corrected chi connectivity index (χ1v) is 18.2. The molecule has 0 saturated carbocycles. The fraction of sp³-hybridized carbons (Fsp3) is 0.0208. The summed E-state index contributed by atoms with van der Waals surface area (Å²) in [5, 5.41) is 1.16. The molecule has 2 aliphatic carbocycles. The lowest BCUT2D eigenvalue weighted by Gasteiger charge is -2.33. The summed E-state index contributed by atoms with van der Waals surface area (Å²) in [5.74, 6) is 3.40. The highest BCUT2D eigenvalue weighted by molar-refractivity contribution is 6.98. The molecule has 2 aromatic heterocycles. The van der Waals surface area contributed by atoms with Gasteiger partial charge in [-0.2, -0.15) is 0 Å². The van der Waals surface area contributed by atoms with Crippen molar-refractivity contribution < 1.29 is 9.47 Å². The number of nitrogens with zero attached hydrogens (tertiary/aromatic N) is 2. The van der Waals surface area contributed by atoms with Crippen LogP contribution in [-0.2, 0) is 5.41 Å². The second-order valence-electron chi connectivity index (χ2n) is 14.5. The Morgan fingerprint density at radius 2 is 1.06 bits per heavy atom. The van der Waals surface area contributed by atoms with Gasteiger partial charge in [0.05, 0.1) is 27.7 Å². The lowest BCUT2D eigenvalue weighted by molar-refractivity contribution is 0.464. The lowest BCUT2D eigenvalue weighted by atomic mass is 9.35. The minimum atomic E-state index is -0.427. The van der Waals surface area contributed by atoms with Gasteiger partial charge >= 0.3 is 0 Å². The van der Waals surface area contributed by atoms with Crippen LogP contribution in [0.1, 0.15) is 22.3 Å². The fourth-order valence-corrected chi connectivity index (χ4v) is 10.3. The van der Waals surface area contributed by atoms with Gasteiger partial charge in [0.25, 0.3) is 6.71 Å². The Hall–Kier alpha value is -6.85. The molecule has 244 valence electrons. The van der Waals surface area contributed by atoms with Crippen LogP contribution < -0.4 is 25.9 Å². The Labute approximate surface area is 305 Å². The average molecular weight is 675 g/mol. The smallest absolute Gasteiger partial charge is 0.260 e. The summed E-state index contributed by atoms with van der Waals surface area (Å²) in [4.78, 5) is 5.14. The highest BCUT2D eigenvalue weighted by atomic mass is 16.5. The molecular formula is C48H27BN2O2. The van der Waals surface area contributed by atoms with E-state index in [0.717, 1.165) is 67.0 Å². The average Bonchev–Trinajstić information content (AvgIpc) is 3.82. The van der Waals surface area contributed by atoms with Crippen LogP contribution in [0.25, 0.3) is 49.9 Å². The maximum Gasteiger partial charge on any atom is 0.260 e. The Bertz CT molecular complexity index is 2990. The van der Waals surface area contributed by atoms with Crippen molar-refractivity contribution in [3.05, 3.63) is 186 Å². The SMILES string of the molecule is c1ccc2c(c1)Oc1cc(-n3c4cccnc4c4c5c(ccc43)C3(c4ccccc4-c4ccccc43)c3ccccc3-5)cc3c1B2c1ccccc1O3. The zero-order valence-corrected chi connectivity index (χ0v) is 28.4. The van der Waals surface area contributed by atoms with Crippen molar-refractivity contribution >= 4 is 45.0 Å². The van der Waals surface area contributed by atoms with Crippen LogP contribution in [0.3, 0.4) is 0 Å². The number of aromatic nitrogens is 2. The van der Waals surface area contributed by atoms with Crippen LogP contribution in [-0.4, -0.2) is 16.3 Å². The number of pyridine rings is 1. The molecule has 4 nitrogen and oxygen atoms in total. The molecule has 0 unspecified atom stereocenters. The van der Waals surface area contributed by atoms with Crippen molar-refractivity contribution in [1.29, 1.82) is 0 Å². The van der Waals surface area contributed by atoms with E-state index in [9.17, 15) is 0 Å². The standard InChI is InChI=1S/C48H27BN2O2/c1-4-15-32-29(12-1)30-13-2-5-16-33(30)48(32)34-17-6-3-14-31(34)44-35(48)23-24-38-45(44)47-39(20-11-25-50-47)51(38)28-26-42-46-43(27-28)53-41-22-10-8-19-37(41)49(46)36-18-7-9-21-40(36)52-42/h1-27H. The molecule has 0 bridgehead atoms. The zero-order valence-electron chi connectivity index (χ0n) is 28.4. The maximum absolute atomic E-state index is 6.74. The monoisotopic (exact) mass is 674 g/mol. The molecule has 0 fully saturated rings. The first-order chi connectivity index (χ1) is 26.3. The molecule has 13 rings (SSSR count). The minimum absolute atomic E-state index is 0.0249. The minimum Gasteiger partial charge on any atom is -0.458 e.